The van der Waals surface area contributed by atoms with E-state index in [0.29, 0.717) is 11.5 Å². The molecule has 4 rings (SSSR count). The lowest BCUT2D eigenvalue weighted by atomic mass is 9.89. The molecule has 21 heavy (non-hydrogen) atoms. The number of hydrogen-bond donors (Lipinski definition) is 2. The van der Waals surface area contributed by atoms with Crippen molar-refractivity contribution in [1.29, 1.82) is 0 Å². The lowest BCUT2D eigenvalue weighted by molar-refractivity contribution is 0.474. The second-order valence-corrected chi connectivity index (χ2v) is 5.61. The van der Waals surface area contributed by atoms with Gasteiger partial charge >= 0.3 is 0 Å². The van der Waals surface area contributed by atoms with Gasteiger partial charge in [0.1, 0.15) is 11.5 Å². The Kier molecular flexibility index (Phi) is 2.52. The van der Waals surface area contributed by atoms with Gasteiger partial charge in [0, 0.05) is 23.0 Å². The summed E-state index contributed by atoms with van der Waals surface area (Å²) in [6.07, 6.45) is 1.87. The first-order valence-electron chi connectivity index (χ1n) is 7.35. The number of aromatic hydroxyl groups is 2. The van der Waals surface area contributed by atoms with E-state index >= 15 is 0 Å². The predicted molar refractivity (Wildman–Crippen MR) is 83.8 cm³/mol. The molecule has 0 amide bonds. The monoisotopic (exact) mass is 279 g/mol. The molecule has 3 nitrogen and oxygen atoms in total. The average molecular weight is 279 g/mol. The molecule has 0 atom stereocenters. The number of phenols is 2. The summed E-state index contributed by atoms with van der Waals surface area (Å²) in [5, 5.41) is 20.6. The molecule has 2 N–H and O–H groups in total. The molecule has 0 saturated heterocycles. The van der Waals surface area contributed by atoms with Gasteiger partial charge in [-0.05, 0) is 67.3 Å². The molecule has 0 spiro atoms. The number of aromatic nitrogens is 1. The molecule has 3 aromatic rings. The highest BCUT2D eigenvalue weighted by molar-refractivity contribution is 5.94. The SMILES string of the molecule is CCn1c2c(c3cc(O)ccc31)CCc1cc(O)ccc1-2. The summed E-state index contributed by atoms with van der Waals surface area (Å²) in [7, 11) is 0. The molecule has 0 aliphatic heterocycles. The van der Waals surface area contributed by atoms with Crippen molar-refractivity contribution in [3.63, 3.8) is 0 Å². The highest BCUT2D eigenvalue weighted by atomic mass is 16.3. The lowest BCUT2D eigenvalue weighted by Crippen LogP contribution is -2.06. The Bertz CT molecular complexity index is 861. The maximum atomic E-state index is 9.80. The standard InChI is InChI=1S/C18H17NO2/c1-2-19-17-8-5-13(21)10-16(17)15-6-3-11-9-12(20)4-7-14(11)18(15)19/h4-5,7-10,20-21H,2-3,6H2,1H3. The van der Waals surface area contributed by atoms with E-state index in [1.165, 1.54) is 27.9 Å². The summed E-state index contributed by atoms with van der Waals surface area (Å²) in [5.74, 6) is 0.643. The van der Waals surface area contributed by atoms with Gasteiger partial charge < -0.3 is 14.8 Å². The van der Waals surface area contributed by atoms with Gasteiger partial charge in [-0.25, -0.2) is 0 Å². The quantitative estimate of drug-likeness (QED) is 0.711. The van der Waals surface area contributed by atoms with Crippen LogP contribution in [0.15, 0.2) is 36.4 Å². The van der Waals surface area contributed by atoms with Crippen LogP contribution in [0.1, 0.15) is 18.1 Å². The molecule has 1 heterocycles. The summed E-state index contributed by atoms with van der Waals surface area (Å²) >= 11 is 0. The van der Waals surface area contributed by atoms with Crippen molar-refractivity contribution in [2.75, 3.05) is 0 Å². The van der Waals surface area contributed by atoms with E-state index in [2.05, 4.69) is 11.5 Å². The Morgan fingerprint density at radius 1 is 1.00 bits per heavy atom. The Balaban J connectivity index is 2.11. The number of hydrogen-bond acceptors (Lipinski definition) is 2. The van der Waals surface area contributed by atoms with Crippen molar-refractivity contribution in [3.8, 4) is 22.8 Å². The molecule has 1 aliphatic carbocycles. The van der Waals surface area contributed by atoms with Crippen molar-refractivity contribution in [2.45, 2.75) is 26.3 Å². The van der Waals surface area contributed by atoms with Gasteiger partial charge in [0.05, 0.1) is 5.69 Å². The van der Waals surface area contributed by atoms with Gasteiger partial charge in [0.25, 0.3) is 0 Å². The fourth-order valence-corrected chi connectivity index (χ4v) is 3.58. The maximum absolute atomic E-state index is 9.80. The minimum Gasteiger partial charge on any atom is -0.508 e. The highest BCUT2D eigenvalue weighted by Crippen LogP contribution is 2.41. The normalized spacial score (nSPS) is 13.2. The van der Waals surface area contributed by atoms with Gasteiger partial charge in [0.15, 0.2) is 0 Å². The molecule has 0 bridgehead atoms. The minimum absolute atomic E-state index is 0.315. The van der Waals surface area contributed by atoms with Crippen LogP contribution in [-0.4, -0.2) is 14.8 Å². The molecule has 2 aromatic carbocycles. The number of aryl methyl sites for hydroxylation is 3. The van der Waals surface area contributed by atoms with Gasteiger partial charge in [-0.3, -0.25) is 0 Å². The first kappa shape index (κ1) is 12.3. The molecule has 0 saturated carbocycles. The zero-order valence-corrected chi connectivity index (χ0v) is 11.9. The Morgan fingerprint density at radius 2 is 1.76 bits per heavy atom. The van der Waals surface area contributed by atoms with E-state index < -0.39 is 0 Å². The van der Waals surface area contributed by atoms with Crippen LogP contribution in [0.25, 0.3) is 22.2 Å². The zero-order valence-electron chi connectivity index (χ0n) is 11.9. The van der Waals surface area contributed by atoms with Crippen molar-refractivity contribution < 1.29 is 10.2 Å². The van der Waals surface area contributed by atoms with Gasteiger partial charge in [-0.15, -0.1) is 0 Å². The number of benzene rings is 2. The molecular weight excluding hydrogens is 262 g/mol. The van der Waals surface area contributed by atoms with Crippen LogP contribution in [0.2, 0.25) is 0 Å². The number of phenolic OH excluding ortho intramolecular Hbond substituents is 2. The van der Waals surface area contributed by atoms with E-state index in [4.69, 9.17) is 0 Å². The first-order valence-corrected chi connectivity index (χ1v) is 7.35. The minimum atomic E-state index is 0.315. The average Bonchev–Trinajstić information content (AvgIpc) is 2.80. The van der Waals surface area contributed by atoms with Crippen LogP contribution in [0, 0.1) is 0 Å². The largest absolute Gasteiger partial charge is 0.508 e. The van der Waals surface area contributed by atoms with E-state index in [-0.39, 0.29) is 0 Å². The summed E-state index contributed by atoms with van der Waals surface area (Å²) in [4.78, 5) is 0. The Morgan fingerprint density at radius 3 is 2.57 bits per heavy atom. The van der Waals surface area contributed by atoms with E-state index in [1.54, 1.807) is 12.1 Å². The zero-order chi connectivity index (χ0) is 14.6. The highest BCUT2D eigenvalue weighted by Gasteiger charge is 2.24. The summed E-state index contributed by atoms with van der Waals surface area (Å²) < 4.78 is 2.30. The fraction of sp³-hybridized carbons (Fsp3) is 0.222. The van der Waals surface area contributed by atoms with Crippen LogP contribution in [0.3, 0.4) is 0 Å². The Hall–Kier alpha value is -2.42. The number of nitrogens with zero attached hydrogens (tertiary/aromatic N) is 1. The summed E-state index contributed by atoms with van der Waals surface area (Å²) in [5.41, 5.74) is 6.11. The van der Waals surface area contributed by atoms with Crippen LogP contribution in [0.4, 0.5) is 0 Å². The molecule has 1 aliphatic rings. The van der Waals surface area contributed by atoms with Crippen LogP contribution in [0.5, 0.6) is 11.5 Å². The predicted octanol–water partition coefficient (Wildman–Crippen LogP) is 3.84. The third kappa shape index (κ3) is 1.67. The van der Waals surface area contributed by atoms with Crippen LogP contribution >= 0.6 is 0 Å². The fourth-order valence-electron chi connectivity index (χ4n) is 3.58. The van der Waals surface area contributed by atoms with Gasteiger partial charge in [0.2, 0.25) is 0 Å². The smallest absolute Gasteiger partial charge is 0.116 e. The molecule has 0 radical (unpaired) electrons. The van der Waals surface area contributed by atoms with Crippen molar-refractivity contribution in [1.82, 2.24) is 4.57 Å². The summed E-state index contributed by atoms with van der Waals surface area (Å²) in [6.45, 7) is 3.03. The van der Waals surface area contributed by atoms with Crippen molar-refractivity contribution in [3.05, 3.63) is 47.5 Å². The number of fused-ring (bicyclic) bond motifs is 5. The van der Waals surface area contributed by atoms with Gasteiger partial charge in [-0.1, -0.05) is 0 Å². The second-order valence-electron chi connectivity index (χ2n) is 5.61. The second kappa shape index (κ2) is 4.29. The van der Waals surface area contributed by atoms with Crippen LogP contribution < -0.4 is 0 Å². The van der Waals surface area contributed by atoms with Crippen molar-refractivity contribution in [2.24, 2.45) is 0 Å². The third-order valence-corrected chi connectivity index (χ3v) is 4.46. The Labute approximate surface area is 123 Å². The summed E-state index contributed by atoms with van der Waals surface area (Å²) in [6, 6.07) is 11.2. The van der Waals surface area contributed by atoms with Crippen molar-refractivity contribution >= 4 is 10.9 Å². The molecule has 1 aromatic heterocycles. The van der Waals surface area contributed by atoms with Crippen LogP contribution in [-0.2, 0) is 19.4 Å². The lowest BCUT2D eigenvalue weighted by Gasteiger charge is -2.19. The topological polar surface area (TPSA) is 45.4 Å². The number of rotatable bonds is 1. The maximum Gasteiger partial charge on any atom is 0.116 e. The molecule has 0 unspecified atom stereocenters. The molecule has 106 valence electrons. The first-order chi connectivity index (χ1) is 10.2. The molecular formula is C18H17NO2. The van der Waals surface area contributed by atoms with E-state index in [1.807, 2.05) is 24.3 Å². The van der Waals surface area contributed by atoms with E-state index in [0.717, 1.165) is 24.8 Å². The third-order valence-electron chi connectivity index (χ3n) is 4.46. The van der Waals surface area contributed by atoms with Gasteiger partial charge in [-0.2, -0.15) is 0 Å². The molecule has 3 heteroatoms. The van der Waals surface area contributed by atoms with E-state index in [9.17, 15) is 10.2 Å². The molecule has 0 fully saturated rings.